The van der Waals surface area contributed by atoms with Crippen LogP contribution in [0.25, 0.3) is 22.5 Å². The van der Waals surface area contributed by atoms with Gasteiger partial charge in [-0.3, -0.25) is 0 Å². The topological polar surface area (TPSA) is 91.5 Å². The van der Waals surface area contributed by atoms with Gasteiger partial charge in [-0.25, -0.2) is 4.98 Å². The van der Waals surface area contributed by atoms with Gasteiger partial charge in [-0.1, -0.05) is 11.2 Å². The Morgan fingerprint density at radius 3 is 2.61 bits per heavy atom. The number of pyridine rings is 1. The zero-order valence-electron chi connectivity index (χ0n) is 18.4. The van der Waals surface area contributed by atoms with Crippen molar-refractivity contribution in [2.45, 2.75) is 51.4 Å². The molecule has 0 amide bonds. The zero-order valence-corrected chi connectivity index (χ0v) is 18.4. The van der Waals surface area contributed by atoms with E-state index >= 15 is 0 Å². The van der Waals surface area contributed by atoms with Crippen molar-refractivity contribution in [1.29, 1.82) is 0 Å². The van der Waals surface area contributed by atoms with E-state index in [4.69, 9.17) is 23.6 Å². The highest BCUT2D eigenvalue weighted by Gasteiger charge is 2.30. The molecule has 1 saturated carbocycles. The summed E-state index contributed by atoms with van der Waals surface area (Å²) in [6, 6.07) is 6.84. The van der Waals surface area contributed by atoms with Crippen LogP contribution in [0.3, 0.4) is 0 Å². The molecular weight excluding hydrogens is 396 g/mol. The molecule has 0 spiro atoms. The Hall–Kier alpha value is -2.55. The average molecular weight is 425 g/mol. The number of hydrogen-bond acceptors (Lipinski definition) is 8. The number of aromatic nitrogens is 3. The number of ether oxygens (including phenoxy) is 3. The molecule has 31 heavy (non-hydrogen) atoms. The minimum absolute atomic E-state index is 0.295. The Balaban J connectivity index is 1.51. The summed E-state index contributed by atoms with van der Waals surface area (Å²) in [5.41, 5.74) is 4.65. The van der Waals surface area contributed by atoms with Gasteiger partial charge in [0.15, 0.2) is 6.29 Å². The van der Waals surface area contributed by atoms with Crippen LogP contribution in [-0.2, 0) is 19.8 Å². The average Bonchev–Trinajstić information content (AvgIpc) is 3.28. The predicted molar refractivity (Wildman–Crippen MR) is 116 cm³/mol. The quantitative estimate of drug-likeness (QED) is 0.605. The molecule has 8 heteroatoms. The van der Waals surface area contributed by atoms with Gasteiger partial charge in [0.2, 0.25) is 0 Å². The first-order chi connectivity index (χ1) is 14.9. The first kappa shape index (κ1) is 20.4. The van der Waals surface area contributed by atoms with Crippen molar-refractivity contribution >= 4 is 16.9 Å². The van der Waals surface area contributed by atoms with E-state index < -0.39 is 5.60 Å². The second-order valence-corrected chi connectivity index (χ2v) is 8.74. The molecule has 1 saturated heterocycles. The first-order valence-corrected chi connectivity index (χ1v) is 10.8. The van der Waals surface area contributed by atoms with Crippen molar-refractivity contribution in [2.75, 3.05) is 32.2 Å². The Labute approximate surface area is 181 Å². The molecule has 0 radical (unpaired) electrons. The zero-order chi connectivity index (χ0) is 21.6. The summed E-state index contributed by atoms with van der Waals surface area (Å²) in [7, 11) is 1.74. The molecule has 1 aliphatic carbocycles. The van der Waals surface area contributed by atoms with E-state index in [0.717, 1.165) is 22.0 Å². The molecule has 2 fully saturated rings. The van der Waals surface area contributed by atoms with Crippen molar-refractivity contribution in [3.63, 3.8) is 0 Å². The molecule has 0 unspecified atom stereocenters. The molecule has 2 aliphatic rings. The fourth-order valence-electron chi connectivity index (χ4n) is 3.94. The summed E-state index contributed by atoms with van der Waals surface area (Å²) in [6.07, 6.45) is 2.20. The van der Waals surface area contributed by atoms with E-state index in [2.05, 4.69) is 48.4 Å². The lowest BCUT2D eigenvalue weighted by Crippen LogP contribution is -2.20. The monoisotopic (exact) mass is 424 g/mol. The van der Waals surface area contributed by atoms with Crippen molar-refractivity contribution < 1.29 is 18.6 Å². The van der Waals surface area contributed by atoms with Crippen molar-refractivity contribution in [1.82, 2.24) is 15.2 Å². The van der Waals surface area contributed by atoms with Crippen molar-refractivity contribution in [3.8, 4) is 11.6 Å². The third-order valence-electron chi connectivity index (χ3n) is 6.11. The van der Waals surface area contributed by atoms with Crippen LogP contribution in [0.1, 0.15) is 49.3 Å². The van der Waals surface area contributed by atoms with Crippen LogP contribution in [0, 0.1) is 6.92 Å². The van der Waals surface area contributed by atoms with Gasteiger partial charge in [-0.05, 0) is 62.8 Å². The molecule has 2 aromatic heterocycles. The molecule has 1 N–H and O–H groups in total. The van der Waals surface area contributed by atoms with Gasteiger partial charge < -0.3 is 23.9 Å². The summed E-state index contributed by atoms with van der Waals surface area (Å²) >= 11 is 0. The molecule has 8 nitrogen and oxygen atoms in total. The van der Waals surface area contributed by atoms with Crippen LogP contribution in [0.4, 0.5) is 6.01 Å². The van der Waals surface area contributed by atoms with Crippen LogP contribution < -0.4 is 5.32 Å². The van der Waals surface area contributed by atoms with Gasteiger partial charge in [0.1, 0.15) is 5.69 Å². The van der Waals surface area contributed by atoms with Crippen LogP contribution in [0.2, 0.25) is 0 Å². The smallest absolute Gasteiger partial charge is 0.315 e. The Bertz CT molecular complexity index is 1100. The van der Waals surface area contributed by atoms with E-state index in [1.54, 1.807) is 7.11 Å². The number of nitrogens with one attached hydrogen (secondary N) is 1. The second kappa shape index (κ2) is 7.85. The van der Waals surface area contributed by atoms with Crippen molar-refractivity contribution in [2.24, 2.45) is 0 Å². The minimum Gasteiger partial charge on any atom is -0.402 e. The van der Waals surface area contributed by atoms with Gasteiger partial charge in [-0.2, -0.15) is 0 Å². The highest BCUT2D eigenvalue weighted by molar-refractivity contribution is 5.88. The maximum atomic E-state index is 5.83. The number of fused-ring (bicyclic) bond motifs is 1. The van der Waals surface area contributed by atoms with Gasteiger partial charge in [0.05, 0.1) is 30.9 Å². The molecule has 0 atom stereocenters. The molecule has 3 heterocycles. The standard InChI is InChI=1S/C23H28N4O4/c1-13-9-18(21-26-27-22(31-21)24-12-19-29-7-8-30-19)25-20-16(13)10-15(14-5-6-14)11-17(20)23(2,3)28-4/h9-11,14,19H,5-8,12H2,1-4H3,(H,24,27). The molecule has 5 rings (SSSR count). The molecule has 1 aliphatic heterocycles. The number of benzene rings is 1. The molecule has 164 valence electrons. The molecule has 0 bridgehead atoms. The number of methoxy groups -OCH3 is 1. The van der Waals surface area contributed by atoms with Gasteiger partial charge in [0.25, 0.3) is 5.89 Å². The highest BCUT2D eigenvalue weighted by Crippen LogP contribution is 2.44. The molecule has 3 aromatic rings. The first-order valence-electron chi connectivity index (χ1n) is 10.8. The summed E-state index contributed by atoms with van der Waals surface area (Å²) in [6.45, 7) is 7.89. The third-order valence-corrected chi connectivity index (χ3v) is 6.11. The van der Waals surface area contributed by atoms with E-state index in [9.17, 15) is 0 Å². The summed E-state index contributed by atoms with van der Waals surface area (Å²) < 4.78 is 22.5. The molecular formula is C23H28N4O4. The number of rotatable bonds is 7. The highest BCUT2D eigenvalue weighted by atomic mass is 16.7. The fourth-order valence-corrected chi connectivity index (χ4v) is 3.94. The summed E-state index contributed by atoms with van der Waals surface area (Å²) in [5, 5.41) is 12.5. The maximum Gasteiger partial charge on any atom is 0.315 e. The van der Waals surface area contributed by atoms with Crippen LogP contribution in [-0.4, -0.2) is 48.3 Å². The predicted octanol–water partition coefficient (Wildman–Crippen LogP) is 4.14. The minimum atomic E-state index is -0.468. The maximum absolute atomic E-state index is 5.83. The SMILES string of the molecule is COC(C)(C)c1cc(C2CC2)cc2c(C)cc(-c3nnc(NCC4OCCO4)o3)nc12. The Morgan fingerprint density at radius 1 is 1.13 bits per heavy atom. The number of nitrogens with zero attached hydrogens (tertiary/aromatic N) is 3. The van der Waals surface area contributed by atoms with Crippen LogP contribution >= 0.6 is 0 Å². The Kier molecular flexibility index (Phi) is 5.16. The van der Waals surface area contributed by atoms with Crippen LogP contribution in [0.5, 0.6) is 0 Å². The van der Waals surface area contributed by atoms with E-state index in [1.807, 2.05) is 6.07 Å². The normalized spacial score (nSPS) is 17.5. The van der Waals surface area contributed by atoms with E-state index in [0.29, 0.717) is 43.3 Å². The van der Waals surface area contributed by atoms with E-state index in [1.165, 1.54) is 18.4 Å². The number of hydrogen-bond donors (Lipinski definition) is 1. The number of aryl methyl sites for hydroxylation is 1. The van der Waals surface area contributed by atoms with Gasteiger partial charge in [0, 0.05) is 18.1 Å². The van der Waals surface area contributed by atoms with Crippen molar-refractivity contribution in [3.05, 3.63) is 34.9 Å². The number of anilines is 1. The van der Waals surface area contributed by atoms with Gasteiger partial charge in [-0.15, -0.1) is 5.10 Å². The van der Waals surface area contributed by atoms with E-state index in [-0.39, 0.29) is 6.29 Å². The molecule has 1 aromatic carbocycles. The lowest BCUT2D eigenvalue weighted by atomic mass is 9.90. The van der Waals surface area contributed by atoms with Crippen LogP contribution in [0.15, 0.2) is 22.6 Å². The summed E-state index contributed by atoms with van der Waals surface area (Å²) in [4.78, 5) is 4.94. The van der Waals surface area contributed by atoms with Gasteiger partial charge >= 0.3 is 6.01 Å². The largest absolute Gasteiger partial charge is 0.402 e. The Morgan fingerprint density at radius 2 is 1.90 bits per heavy atom. The second-order valence-electron chi connectivity index (χ2n) is 8.74. The third kappa shape index (κ3) is 4.03. The fraction of sp³-hybridized carbons (Fsp3) is 0.522. The lowest BCUT2D eigenvalue weighted by molar-refractivity contribution is -0.0302. The lowest BCUT2D eigenvalue weighted by Gasteiger charge is -2.26. The summed E-state index contributed by atoms with van der Waals surface area (Å²) in [5.74, 6) is 1.01.